The Hall–Kier alpha value is -3.18. The van der Waals surface area contributed by atoms with Gasteiger partial charge in [-0.05, 0) is 18.2 Å². The fraction of sp³-hybridized carbons (Fsp3) is 0. The summed E-state index contributed by atoms with van der Waals surface area (Å²) in [6.45, 7) is 0. The molecule has 3 aromatic carbocycles. The molecule has 0 heterocycles. The maximum atomic E-state index is 10.7. The summed E-state index contributed by atoms with van der Waals surface area (Å²) in [6.07, 6.45) is 0. The lowest BCUT2D eigenvalue weighted by molar-refractivity contribution is -0.384. The molecule has 3 rings (SSSR count). The molecule has 124 valence electrons. The Morgan fingerprint density at radius 2 is 1.56 bits per heavy atom. The summed E-state index contributed by atoms with van der Waals surface area (Å²) in [7, 11) is 0. The zero-order valence-corrected chi connectivity index (χ0v) is 13.9. The molecule has 6 heteroatoms. The fourth-order valence-electron chi connectivity index (χ4n) is 2.31. The number of hydrazone groups is 1. The lowest BCUT2D eigenvalue weighted by Gasteiger charge is -2.10. The topological polar surface area (TPSA) is 67.5 Å². The summed E-state index contributed by atoms with van der Waals surface area (Å²) >= 11 is 6.32. The summed E-state index contributed by atoms with van der Waals surface area (Å²) in [6, 6.07) is 23.2. The van der Waals surface area contributed by atoms with E-state index in [9.17, 15) is 10.1 Å². The van der Waals surface area contributed by atoms with Gasteiger partial charge in [-0.2, -0.15) is 5.10 Å². The van der Waals surface area contributed by atoms with Crippen molar-refractivity contribution in [2.24, 2.45) is 5.10 Å². The predicted molar refractivity (Wildman–Crippen MR) is 100 cm³/mol. The maximum absolute atomic E-state index is 10.7. The van der Waals surface area contributed by atoms with Crippen LogP contribution in [0.1, 0.15) is 11.1 Å². The quantitative estimate of drug-likeness (QED) is 0.394. The number of halogens is 1. The van der Waals surface area contributed by atoms with Crippen molar-refractivity contribution >= 4 is 28.7 Å². The molecule has 5 nitrogen and oxygen atoms in total. The van der Waals surface area contributed by atoms with E-state index in [4.69, 9.17) is 11.6 Å². The van der Waals surface area contributed by atoms with Gasteiger partial charge in [0.1, 0.15) is 0 Å². The maximum Gasteiger partial charge on any atom is 0.269 e. The molecule has 0 aliphatic rings. The van der Waals surface area contributed by atoms with Gasteiger partial charge in [0.05, 0.1) is 21.3 Å². The van der Waals surface area contributed by atoms with Crippen LogP contribution in [-0.2, 0) is 0 Å². The zero-order chi connectivity index (χ0) is 17.6. The summed E-state index contributed by atoms with van der Waals surface area (Å²) < 4.78 is 0. The molecule has 0 unspecified atom stereocenters. The predicted octanol–water partition coefficient (Wildman–Crippen LogP) is 5.11. The van der Waals surface area contributed by atoms with Crippen molar-refractivity contribution in [3.63, 3.8) is 0 Å². The number of anilines is 1. The largest absolute Gasteiger partial charge is 0.278 e. The molecule has 3 aromatic rings. The van der Waals surface area contributed by atoms with Crippen LogP contribution in [0.2, 0.25) is 5.02 Å². The zero-order valence-electron chi connectivity index (χ0n) is 13.1. The fourth-order valence-corrected chi connectivity index (χ4v) is 2.53. The number of hydrogen-bond donors (Lipinski definition) is 1. The molecule has 0 bridgehead atoms. The smallest absolute Gasteiger partial charge is 0.269 e. The van der Waals surface area contributed by atoms with Crippen LogP contribution in [0.4, 0.5) is 11.4 Å². The van der Waals surface area contributed by atoms with E-state index in [2.05, 4.69) is 10.5 Å². The lowest BCUT2D eigenvalue weighted by atomic mass is 10.0. The van der Waals surface area contributed by atoms with Crippen molar-refractivity contribution in [2.45, 2.75) is 0 Å². The van der Waals surface area contributed by atoms with Crippen LogP contribution in [0.15, 0.2) is 84.0 Å². The van der Waals surface area contributed by atoms with Crippen molar-refractivity contribution < 1.29 is 4.92 Å². The van der Waals surface area contributed by atoms with Gasteiger partial charge in [-0.25, -0.2) is 0 Å². The van der Waals surface area contributed by atoms with Gasteiger partial charge in [0.2, 0.25) is 0 Å². The Bertz CT molecular complexity index is 909. The molecule has 0 radical (unpaired) electrons. The summed E-state index contributed by atoms with van der Waals surface area (Å²) in [5.74, 6) is 0. The second-order valence-corrected chi connectivity index (χ2v) is 5.63. The number of nitro benzene ring substituents is 1. The third-order valence-corrected chi connectivity index (χ3v) is 3.88. The molecule has 0 spiro atoms. The minimum absolute atomic E-state index is 0.0314. The van der Waals surface area contributed by atoms with Crippen LogP contribution >= 0.6 is 11.6 Å². The number of non-ortho nitro benzene ring substituents is 1. The van der Waals surface area contributed by atoms with E-state index in [0.717, 1.165) is 11.1 Å². The van der Waals surface area contributed by atoms with E-state index in [1.807, 2.05) is 48.5 Å². The second kappa shape index (κ2) is 7.59. The normalized spacial score (nSPS) is 11.2. The first-order chi connectivity index (χ1) is 12.1. The first-order valence-corrected chi connectivity index (χ1v) is 7.91. The number of benzene rings is 3. The van der Waals surface area contributed by atoms with Crippen LogP contribution in [0, 0.1) is 10.1 Å². The SMILES string of the molecule is O=[N+]([O-])c1ccc(N/N=C(/c2ccccc2)c2ccccc2Cl)cc1. The van der Waals surface area contributed by atoms with Crippen LogP contribution < -0.4 is 5.43 Å². The van der Waals surface area contributed by atoms with E-state index in [1.54, 1.807) is 18.2 Å². The highest BCUT2D eigenvalue weighted by atomic mass is 35.5. The highest BCUT2D eigenvalue weighted by molar-refractivity contribution is 6.35. The minimum Gasteiger partial charge on any atom is -0.278 e. The van der Waals surface area contributed by atoms with Crippen molar-refractivity contribution in [3.8, 4) is 0 Å². The Morgan fingerprint density at radius 3 is 2.20 bits per heavy atom. The standard InChI is InChI=1S/C19H14ClN3O2/c20-18-9-5-4-8-17(18)19(14-6-2-1-3-7-14)22-21-15-10-12-16(13-11-15)23(24)25/h1-13,21H/b22-19-. The van der Waals surface area contributed by atoms with Crippen molar-refractivity contribution in [2.75, 3.05) is 5.43 Å². The molecular formula is C19H14ClN3O2. The van der Waals surface area contributed by atoms with Gasteiger partial charge in [0.15, 0.2) is 0 Å². The molecule has 0 amide bonds. The van der Waals surface area contributed by atoms with E-state index in [0.29, 0.717) is 16.4 Å². The lowest BCUT2D eigenvalue weighted by Crippen LogP contribution is -2.07. The van der Waals surface area contributed by atoms with Gasteiger partial charge in [0.25, 0.3) is 5.69 Å². The Morgan fingerprint density at radius 1 is 0.920 bits per heavy atom. The minimum atomic E-state index is -0.438. The van der Waals surface area contributed by atoms with Gasteiger partial charge in [-0.15, -0.1) is 0 Å². The molecule has 0 fully saturated rings. The first kappa shape index (κ1) is 16.7. The van der Waals surface area contributed by atoms with Gasteiger partial charge < -0.3 is 0 Å². The van der Waals surface area contributed by atoms with Gasteiger partial charge >= 0.3 is 0 Å². The second-order valence-electron chi connectivity index (χ2n) is 5.22. The third-order valence-electron chi connectivity index (χ3n) is 3.55. The summed E-state index contributed by atoms with van der Waals surface area (Å²) in [4.78, 5) is 10.3. The third kappa shape index (κ3) is 4.02. The van der Waals surface area contributed by atoms with Gasteiger partial charge in [0, 0.05) is 23.3 Å². The van der Waals surface area contributed by atoms with Crippen molar-refractivity contribution in [1.29, 1.82) is 0 Å². The molecule has 0 saturated carbocycles. The van der Waals surface area contributed by atoms with E-state index < -0.39 is 4.92 Å². The van der Waals surface area contributed by atoms with Crippen LogP contribution in [0.5, 0.6) is 0 Å². The first-order valence-electron chi connectivity index (χ1n) is 7.53. The molecule has 25 heavy (non-hydrogen) atoms. The highest BCUT2D eigenvalue weighted by Gasteiger charge is 2.11. The Kier molecular flexibility index (Phi) is 5.06. The summed E-state index contributed by atoms with van der Waals surface area (Å²) in [5, 5.41) is 15.8. The highest BCUT2D eigenvalue weighted by Crippen LogP contribution is 2.21. The number of nitrogens with one attached hydrogen (secondary N) is 1. The summed E-state index contributed by atoms with van der Waals surface area (Å²) in [5.41, 5.74) is 6.01. The molecule has 0 aliphatic heterocycles. The molecule has 0 aliphatic carbocycles. The monoisotopic (exact) mass is 351 g/mol. The average molecular weight is 352 g/mol. The molecule has 0 saturated heterocycles. The van der Waals surface area contributed by atoms with Crippen LogP contribution in [-0.4, -0.2) is 10.6 Å². The number of nitro groups is 1. The average Bonchev–Trinajstić information content (AvgIpc) is 2.64. The Labute approximate surface area is 149 Å². The number of nitrogens with zero attached hydrogens (tertiary/aromatic N) is 2. The van der Waals surface area contributed by atoms with Crippen molar-refractivity contribution in [3.05, 3.63) is 105 Å². The van der Waals surface area contributed by atoms with Gasteiger partial charge in [-0.3, -0.25) is 15.5 Å². The van der Waals surface area contributed by atoms with E-state index >= 15 is 0 Å². The van der Waals surface area contributed by atoms with E-state index in [1.165, 1.54) is 12.1 Å². The number of hydrogen-bond acceptors (Lipinski definition) is 4. The van der Waals surface area contributed by atoms with Crippen molar-refractivity contribution in [1.82, 2.24) is 0 Å². The molecule has 0 atom stereocenters. The van der Waals surface area contributed by atoms with Crippen LogP contribution in [0.25, 0.3) is 0 Å². The Balaban J connectivity index is 1.96. The van der Waals surface area contributed by atoms with E-state index in [-0.39, 0.29) is 5.69 Å². The molecular weight excluding hydrogens is 338 g/mol. The number of rotatable bonds is 5. The molecule has 1 N–H and O–H groups in total. The van der Waals surface area contributed by atoms with Crippen LogP contribution in [0.3, 0.4) is 0 Å². The van der Waals surface area contributed by atoms with Gasteiger partial charge in [-0.1, -0.05) is 60.1 Å². The molecule has 0 aromatic heterocycles.